The van der Waals surface area contributed by atoms with Gasteiger partial charge in [0, 0.05) is 3.92 Å². The molecule has 0 unspecified atom stereocenters. The van der Waals surface area contributed by atoms with Crippen LogP contribution in [0.5, 0.6) is 0 Å². The molecule has 0 aliphatic rings. The molecule has 7 heavy (non-hydrogen) atoms. The van der Waals surface area contributed by atoms with Crippen LogP contribution in [0.3, 0.4) is 0 Å². The second-order valence-corrected chi connectivity index (χ2v) is 3.54. The average Bonchev–Trinajstić information content (AvgIpc) is 1.65. The van der Waals surface area contributed by atoms with Gasteiger partial charge in [-0.2, -0.15) is 0 Å². The quantitative estimate of drug-likeness (QED) is 0.544. The summed E-state index contributed by atoms with van der Waals surface area (Å²) in [6, 6.07) is 0. The summed E-state index contributed by atoms with van der Waals surface area (Å²) in [5.41, 5.74) is 0. The van der Waals surface area contributed by atoms with Crippen molar-refractivity contribution in [2.24, 2.45) is 5.92 Å². The number of hydrogen-bond donors (Lipinski definition) is 1. The molecule has 0 heterocycles. The van der Waals surface area contributed by atoms with Crippen LogP contribution in [0.25, 0.3) is 0 Å². The molecule has 0 bridgehead atoms. The Morgan fingerprint density at radius 2 is 2.00 bits per heavy atom. The molecular formula is C5H11IO. The maximum Gasteiger partial charge on any atom is 0.0551 e. The van der Waals surface area contributed by atoms with E-state index in [1.54, 1.807) is 0 Å². The number of aliphatic hydroxyl groups is 1. The monoisotopic (exact) mass is 214 g/mol. The van der Waals surface area contributed by atoms with E-state index in [2.05, 4.69) is 36.4 Å². The minimum Gasteiger partial charge on any atom is -0.395 e. The molecule has 0 spiro atoms. The van der Waals surface area contributed by atoms with Crippen molar-refractivity contribution in [1.29, 1.82) is 0 Å². The Labute approximate surface area is 58.3 Å². The summed E-state index contributed by atoms with van der Waals surface area (Å²) in [6.45, 7) is 4.51. The minimum absolute atomic E-state index is 0.304. The summed E-state index contributed by atoms with van der Waals surface area (Å²) in [7, 11) is 0. The number of hydrogen-bond acceptors (Lipinski definition) is 1. The fraction of sp³-hybridized carbons (Fsp3) is 1.00. The second kappa shape index (κ2) is 3.66. The normalized spacial score (nSPS) is 15.0. The van der Waals surface area contributed by atoms with Crippen molar-refractivity contribution in [1.82, 2.24) is 0 Å². The molecule has 0 aromatic heterocycles. The Hall–Kier alpha value is 0.690. The van der Waals surface area contributed by atoms with Gasteiger partial charge >= 0.3 is 0 Å². The molecule has 0 amide bonds. The van der Waals surface area contributed by atoms with Gasteiger partial charge in [0.25, 0.3) is 0 Å². The molecular weight excluding hydrogens is 203 g/mol. The van der Waals surface area contributed by atoms with Crippen molar-refractivity contribution in [3.05, 3.63) is 0 Å². The van der Waals surface area contributed by atoms with Crippen molar-refractivity contribution in [3.63, 3.8) is 0 Å². The summed E-state index contributed by atoms with van der Waals surface area (Å²) in [6.07, 6.45) is 0. The summed E-state index contributed by atoms with van der Waals surface area (Å²) >= 11 is 2.25. The van der Waals surface area contributed by atoms with E-state index in [1.807, 2.05) is 0 Å². The van der Waals surface area contributed by atoms with Gasteiger partial charge in [-0.05, 0) is 5.92 Å². The van der Waals surface area contributed by atoms with Crippen LogP contribution in [0.4, 0.5) is 0 Å². The van der Waals surface area contributed by atoms with Crippen molar-refractivity contribution in [3.8, 4) is 0 Å². The van der Waals surface area contributed by atoms with E-state index in [-0.39, 0.29) is 0 Å². The van der Waals surface area contributed by atoms with E-state index in [4.69, 9.17) is 5.11 Å². The Morgan fingerprint density at radius 3 is 2.00 bits per heavy atom. The maximum absolute atomic E-state index is 8.50. The van der Waals surface area contributed by atoms with Crippen LogP contribution in [0, 0.1) is 5.92 Å². The predicted octanol–water partition coefficient (Wildman–Crippen LogP) is 1.44. The van der Waals surface area contributed by atoms with Crippen LogP contribution in [0.1, 0.15) is 13.8 Å². The highest BCUT2D eigenvalue weighted by Gasteiger charge is 2.04. The first-order chi connectivity index (χ1) is 3.18. The first kappa shape index (κ1) is 7.69. The highest BCUT2D eigenvalue weighted by molar-refractivity contribution is 14.1. The summed E-state index contributed by atoms with van der Waals surface area (Å²) in [5.74, 6) is 0.602. The lowest BCUT2D eigenvalue weighted by Gasteiger charge is -2.07. The van der Waals surface area contributed by atoms with Gasteiger partial charge in [-0.3, -0.25) is 0 Å². The predicted molar refractivity (Wildman–Crippen MR) is 39.7 cm³/mol. The average molecular weight is 214 g/mol. The summed E-state index contributed by atoms with van der Waals surface area (Å²) in [4.78, 5) is 0. The van der Waals surface area contributed by atoms with Gasteiger partial charge in [-0.1, -0.05) is 36.4 Å². The lowest BCUT2D eigenvalue weighted by atomic mass is 10.1. The van der Waals surface area contributed by atoms with Crippen LogP contribution >= 0.6 is 22.6 Å². The molecule has 1 N–H and O–H groups in total. The molecule has 0 aromatic rings. The highest BCUT2D eigenvalue weighted by atomic mass is 127. The smallest absolute Gasteiger partial charge is 0.0551 e. The summed E-state index contributed by atoms with van der Waals surface area (Å²) in [5, 5.41) is 8.50. The minimum atomic E-state index is 0.304. The molecule has 0 aliphatic carbocycles. The van der Waals surface area contributed by atoms with Crippen molar-refractivity contribution in [2.75, 3.05) is 6.61 Å². The van der Waals surface area contributed by atoms with Gasteiger partial charge in [0.15, 0.2) is 0 Å². The van der Waals surface area contributed by atoms with E-state index < -0.39 is 0 Å². The molecule has 0 rings (SSSR count). The zero-order valence-electron chi connectivity index (χ0n) is 4.69. The highest BCUT2D eigenvalue weighted by Crippen LogP contribution is 2.10. The van der Waals surface area contributed by atoms with Crippen LogP contribution in [0.15, 0.2) is 0 Å². The standard InChI is InChI=1S/C5H11IO/c1-4(2)5(6)3-7/h4-5,7H,3H2,1-2H3/t5-/m0/s1. The molecule has 2 heteroatoms. The van der Waals surface area contributed by atoms with Crippen molar-refractivity contribution >= 4 is 22.6 Å². The molecule has 0 aromatic carbocycles. The maximum atomic E-state index is 8.50. The van der Waals surface area contributed by atoms with E-state index in [0.29, 0.717) is 16.4 Å². The number of alkyl halides is 1. The van der Waals surface area contributed by atoms with E-state index in [9.17, 15) is 0 Å². The van der Waals surface area contributed by atoms with Crippen LogP contribution in [-0.2, 0) is 0 Å². The number of halogens is 1. The molecule has 1 nitrogen and oxygen atoms in total. The Bertz CT molecular complexity index is 45.3. The number of rotatable bonds is 2. The topological polar surface area (TPSA) is 20.2 Å². The third-order valence-corrected chi connectivity index (χ3v) is 2.73. The van der Waals surface area contributed by atoms with Gasteiger partial charge in [-0.15, -0.1) is 0 Å². The lowest BCUT2D eigenvalue weighted by molar-refractivity contribution is 0.281. The third kappa shape index (κ3) is 3.29. The molecule has 0 saturated carbocycles. The van der Waals surface area contributed by atoms with Gasteiger partial charge < -0.3 is 5.11 Å². The zero-order chi connectivity index (χ0) is 5.86. The first-order valence-corrected chi connectivity index (χ1v) is 3.68. The van der Waals surface area contributed by atoms with Gasteiger partial charge in [0.2, 0.25) is 0 Å². The van der Waals surface area contributed by atoms with Gasteiger partial charge in [0.05, 0.1) is 6.61 Å². The molecule has 0 fully saturated rings. The molecule has 44 valence electrons. The van der Waals surface area contributed by atoms with Crippen molar-refractivity contribution in [2.45, 2.75) is 17.8 Å². The fourth-order valence-electron chi connectivity index (χ4n) is 0.211. The molecule has 0 radical (unpaired) electrons. The zero-order valence-corrected chi connectivity index (χ0v) is 6.84. The Balaban J connectivity index is 3.14. The van der Waals surface area contributed by atoms with E-state index in [0.717, 1.165) is 0 Å². The lowest BCUT2D eigenvalue weighted by Crippen LogP contribution is -2.10. The van der Waals surface area contributed by atoms with Crippen LogP contribution in [0.2, 0.25) is 0 Å². The SMILES string of the molecule is CC(C)[C@@H](I)CO. The fourth-order valence-corrected chi connectivity index (χ4v) is 0.211. The van der Waals surface area contributed by atoms with Crippen LogP contribution < -0.4 is 0 Å². The summed E-state index contributed by atoms with van der Waals surface area (Å²) < 4.78 is 0.428. The third-order valence-electron chi connectivity index (χ3n) is 0.898. The molecule has 0 aliphatic heterocycles. The van der Waals surface area contributed by atoms with Gasteiger partial charge in [0.1, 0.15) is 0 Å². The van der Waals surface area contributed by atoms with Gasteiger partial charge in [-0.25, -0.2) is 0 Å². The Kier molecular flexibility index (Phi) is 4.02. The van der Waals surface area contributed by atoms with E-state index in [1.165, 1.54) is 0 Å². The van der Waals surface area contributed by atoms with Crippen LogP contribution in [-0.4, -0.2) is 15.6 Å². The number of aliphatic hydroxyl groups excluding tert-OH is 1. The molecule has 1 atom stereocenters. The second-order valence-electron chi connectivity index (χ2n) is 1.94. The largest absolute Gasteiger partial charge is 0.395 e. The molecule has 0 saturated heterocycles. The first-order valence-electron chi connectivity index (χ1n) is 2.43. The van der Waals surface area contributed by atoms with Crippen molar-refractivity contribution < 1.29 is 5.11 Å². The van der Waals surface area contributed by atoms with E-state index >= 15 is 0 Å². The Morgan fingerprint density at radius 1 is 1.57 bits per heavy atom.